The second-order valence-corrected chi connectivity index (χ2v) is 7.59. The van der Waals surface area contributed by atoms with Crippen LogP contribution in [0.15, 0.2) is 4.99 Å². The Morgan fingerprint density at radius 2 is 1.85 bits per heavy atom. The molecule has 0 spiro atoms. The van der Waals surface area contributed by atoms with Gasteiger partial charge < -0.3 is 20.3 Å². The first-order chi connectivity index (χ1) is 12.2. The minimum Gasteiger partial charge on any atom is -0.379 e. The summed E-state index contributed by atoms with van der Waals surface area (Å²) in [7, 11) is 1.87. The third-order valence-electron chi connectivity index (χ3n) is 5.27. The predicted octanol–water partition coefficient (Wildman–Crippen LogP) is 2.00. The summed E-state index contributed by atoms with van der Waals surface area (Å²) in [6, 6.07) is 0.554. The Bertz CT molecular complexity index is 382. The maximum absolute atomic E-state index is 5.42. The van der Waals surface area contributed by atoms with Crippen LogP contribution in [0.1, 0.15) is 39.5 Å². The van der Waals surface area contributed by atoms with Crippen LogP contribution in [0, 0.1) is 5.92 Å². The van der Waals surface area contributed by atoms with Crippen molar-refractivity contribution in [1.82, 2.24) is 20.4 Å². The lowest BCUT2D eigenvalue weighted by molar-refractivity contribution is 0.0320. The van der Waals surface area contributed by atoms with Crippen LogP contribution in [0.3, 0.4) is 0 Å². The van der Waals surface area contributed by atoms with Crippen molar-refractivity contribution in [2.45, 2.75) is 45.6 Å². The molecule has 0 bridgehead atoms. The first-order valence-corrected chi connectivity index (χ1v) is 10.2. The zero-order valence-corrected chi connectivity index (χ0v) is 19.3. The van der Waals surface area contributed by atoms with E-state index in [9.17, 15) is 0 Å². The second-order valence-electron chi connectivity index (χ2n) is 7.59. The molecule has 0 saturated carbocycles. The van der Waals surface area contributed by atoms with Gasteiger partial charge in [-0.25, -0.2) is 0 Å². The number of nitrogens with zero attached hydrogens (tertiary/aromatic N) is 3. The number of ether oxygens (including phenoxy) is 1. The molecule has 6 nitrogen and oxygen atoms in total. The van der Waals surface area contributed by atoms with E-state index in [0.29, 0.717) is 12.0 Å². The van der Waals surface area contributed by atoms with E-state index < -0.39 is 0 Å². The number of likely N-dealkylation sites (tertiary alicyclic amines) is 1. The number of piperidine rings is 1. The molecule has 1 unspecified atom stereocenters. The molecular formula is C19H40IN5O. The fourth-order valence-electron chi connectivity index (χ4n) is 3.63. The highest BCUT2D eigenvalue weighted by Crippen LogP contribution is 2.11. The van der Waals surface area contributed by atoms with Crippen molar-refractivity contribution in [3.63, 3.8) is 0 Å². The van der Waals surface area contributed by atoms with Crippen LogP contribution in [0.4, 0.5) is 0 Å². The molecule has 0 amide bonds. The molecule has 2 fully saturated rings. The van der Waals surface area contributed by atoms with Crippen molar-refractivity contribution in [2.75, 3.05) is 66.1 Å². The van der Waals surface area contributed by atoms with Crippen LogP contribution in [0.5, 0.6) is 0 Å². The maximum Gasteiger partial charge on any atom is 0.191 e. The number of aliphatic imine (C=N–C) groups is 1. The summed E-state index contributed by atoms with van der Waals surface area (Å²) in [6.45, 7) is 14.2. The van der Waals surface area contributed by atoms with Gasteiger partial charge in [0, 0.05) is 52.4 Å². The van der Waals surface area contributed by atoms with E-state index in [-0.39, 0.29) is 24.0 Å². The van der Waals surface area contributed by atoms with Gasteiger partial charge in [-0.2, -0.15) is 0 Å². The number of halogens is 1. The lowest BCUT2D eigenvalue weighted by Gasteiger charge is -2.33. The van der Waals surface area contributed by atoms with Crippen molar-refractivity contribution in [3.8, 4) is 0 Å². The normalized spacial score (nSPS) is 21.9. The zero-order valence-electron chi connectivity index (χ0n) is 17.0. The van der Waals surface area contributed by atoms with Gasteiger partial charge in [0.1, 0.15) is 0 Å². The van der Waals surface area contributed by atoms with Gasteiger partial charge in [0.05, 0.1) is 13.2 Å². The molecule has 2 aliphatic heterocycles. The Morgan fingerprint density at radius 3 is 2.46 bits per heavy atom. The second kappa shape index (κ2) is 14.0. The van der Waals surface area contributed by atoms with Gasteiger partial charge >= 0.3 is 0 Å². The summed E-state index contributed by atoms with van der Waals surface area (Å²) in [5, 5.41) is 7.14. The molecule has 0 aromatic heterocycles. The molecule has 154 valence electrons. The molecule has 0 radical (unpaired) electrons. The van der Waals surface area contributed by atoms with Gasteiger partial charge in [-0.05, 0) is 31.7 Å². The molecule has 26 heavy (non-hydrogen) atoms. The van der Waals surface area contributed by atoms with Gasteiger partial charge in [-0.1, -0.05) is 20.3 Å². The Morgan fingerprint density at radius 1 is 1.15 bits per heavy atom. The zero-order chi connectivity index (χ0) is 17.9. The van der Waals surface area contributed by atoms with E-state index in [1.807, 2.05) is 7.05 Å². The van der Waals surface area contributed by atoms with Crippen molar-refractivity contribution < 1.29 is 4.74 Å². The molecule has 1 atom stereocenters. The molecule has 2 rings (SSSR count). The number of rotatable bonds is 8. The van der Waals surface area contributed by atoms with E-state index in [4.69, 9.17) is 4.74 Å². The van der Waals surface area contributed by atoms with Crippen molar-refractivity contribution in [1.29, 1.82) is 0 Å². The molecule has 2 N–H and O–H groups in total. The maximum atomic E-state index is 5.42. The highest BCUT2D eigenvalue weighted by Gasteiger charge is 2.20. The number of hydrogen-bond acceptors (Lipinski definition) is 4. The first-order valence-electron chi connectivity index (χ1n) is 10.2. The van der Waals surface area contributed by atoms with Crippen LogP contribution in [-0.2, 0) is 4.74 Å². The molecule has 2 aliphatic rings. The van der Waals surface area contributed by atoms with Crippen molar-refractivity contribution in [3.05, 3.63) is 0 Å². The van der Waals surface area contributed by atoms with Gasteiger partial charge in [-0.15, -0.1) is 24.0 Å². The summed E-state index contributed by atoms with van der Waals surface area (Å²) >= 11 is 0. The van der Waals surface area contributed by atoms with E-state index in [1.54, 1.807) is 0 Å². The van der Waals surface area contributed by atoms with Crippen LogP contribution >= 0.6 is 24.0 Å². The number of guanidine groups is 1. The van der Waals surface area contributed by atoms with Crippen LogP contribution in [0.25, 0.3) is 0 Å². The Hall–Kier alpha value is -0.120. The summed E-state index contributed by atoms with van der Waals surface area (Å²) < 4.78 is 5.42. The summed E-state index contributed by atoms with van der Waals surface area (Å²) in [4.78, 5) is 9.51. The first kappa shape index (κ1) is 23.9. The van der Waals surface area contributed by atoms with Gasteiger partial charge in [-0.3, -0.25) is 9.89 Å². The van der Waals surface area contributed by atoms with Crippen molar-refractivity contribution in [2.24, 2.45) is 10.9 Å². The minimum absolute atomic E-state index is 0. The molecule has 2 heterocycles. The van der Waals surface area contributed by atoms with Crippen LogP contribution in [0.2, 0.25) is 0 Å². The van der Waals surface area contributed by atoms with Crippen LogP contribution in [-0.4, -0.2) is 87.9 Å². The van der Waals surface area contributed by atoms with Crippen molar-refractivity contribution >= 4 is 29.9 Å². The van der Waals surface area contributed by atoms with E-state index in [0.717, 1.165) is 45.4 Å². The monoisotopic (exact) mass is 481 g/mol. The number of morpholine rings is 1. The average molecular weight is 481 g/mol. The van der Waals surface area contributed by atoms with Gasteiger partial charge in [0.2, 0.25) is 0 Å². The fourth-order valence-corrected chi connectivity index (χ4v) is 3.63. The molecule has 0 aromatic rings. The Kier molecular flexibility index (Phi) is 12.8. The molecule has 0 aromatic carbocycles. The topological polar surface area (TPSA) is 52.1 Å². The van der Waals surface area contributed by atoms with Gasteiger partial charge in [0.15, 0.2) is 5.96 Å². The quantitative estimate of drug-likeness (QED) is 0.316. The Balaban J connectivity index is 0.00000338. The highest BCUT2D eigenvalue weighted by atomic mass is 127. The number of unbranched alkanes of at least 4 members (excludes halogenated alkanes) is 1. The summed E-state index contributed by atoms with van der Waals surface area (Å²) in [5.41, 5.74) is 0. The molecular weight excluding hydrogens is 441 g/mol. The third kappa shape index (κ3) is 9.19. The Labute approximate surface area is 177 Å². The largest absolute Gasteiger partial charge is 0.379 e. The highest BCUT2D eigenvalue weighted by molar-refractivity contribution is 14.0. The van der Waals surface area contributed by atoms with E-state index in [2.05, 4.69) is 39.3 Å². The SMILES string of the molecule is CCCCN1CCC(NC(=NC)NCC(C)CN2CCOCC2)CC1.I. The average Bonchev–Trinajstić information content (AvgIpc) is 2.65. The molecule has 0 aliphatic carbocycles. The molecule has 7 heteroatoms. The number of hydrogen-bond donors (Lipinski definition) is 2. The van der Waals surface area contributed by atoms with Crippen LogP contribution < -0.4 is 10.6 Å². The van der Waals surface area contributed by atoms with E-state index in [1.165, 1.54) is 45.3 Å². The van der Waals surface area contributed by atoms with E-state index >= 15 is 0 Å². The predicted molar refractivity (Wildman–Crippen MR) is 121 cm³/mol. The number of nitrogens with one attached hydrogen (secondary N) is 2. The lowest BCUT2D eigenvalue weighted by Crippen LogP contribution is -2.50. The minimum atomic E-state index is 0. The van der Waals surface area contributed by atoms with Gasteiger partial charge in [0.25, 0.3) is 0 Å². The summed E-state index contributed by atoms with van der Waals surface area (Å²) in [5.74, 6) is 1.56. The standard InChI is InChI=1S/C19H39N5O.HI/c1-4-5-8-23-9-6-18(7-10-23)22-19(20-3)21-15-17(2)16-24-11-13-25-14-12-24;/h17-18H,4-16H2,1-3H3,(H2,20,21,22);1H. The third-order valence-corrected chi connectivity index (χ3v) is 5.27. The lowest BCUT2D eigenvalue weighted by atomic mass is 10.0. The fraction of sp³-hybridized carbons (Fsp3) is 0.947. The molecule has 2 saturated heterocycles. The smallest absolute Gasteiger partial charge is 0.191 e. The summed E-state index contributed by atoms with van der Waals surface area (Å²) in [6.07, 6.45) is 5.04.